The molecule has 0 aromatic heterocycles. The second-order valence-electron chi connectivity index (χ2n) is 8.23. The minimum absolute atomic E-state index is 0.0752. The highest BCUT2D eigenvalue weighted by atomic mass is 16.3. The molecule has 0 radical (unpaired) electrons. The van der Waals surface area contributed by atoms with E-state index in [-0.39, 0.29) is 12.0 Å². The number of hydrogen-bond acceptors (Lipinski definition) is 3. The number of amides is 1. The Morgan fingerprint density at radius 3 is 1.70 bits per heavy atom. The van der Waals surface area contributed by atoms with Crippen LogP contribution in [0.4, 0.5) is 0 Å². The first kappa shape index (κ1) is 26.4. The SMILES string of the molecule is CCCCCCC(O)CCCCCCCCCCC(=O)N(CCC)N(C)C. The largest absolute Gasteiger partial charge is 0.393 e. The molecule has 0 aliphatic carbocycles. The lowest BCUT2D eigenvalue weighted by atomic mass is 10.0. The summed E-state index contributed by atoms with van der Waals surface area (Å²) < 4.78 is 0. The highest BCUT2D eigenvalue weighted by Gasteiger charge is 2.13. The van der Waals surface area contributed by atoms with Gasteiger partial charge in [0, 0.05) is 27.1 Å². The summed E-state index contributed by atoms with van der Waals surface area (Å²) in [7, 11) is 3.89. The molecule has 0 heterocycles. The van der Waals surface area contributed by atoms with Gasteiger partial charge in [0.15, 0.2) is 0 Å². The topological polar surface area (TPSA) is 43.8 Å². The lowest BCUT2D eigenvalue weighted by Gasteiger charge is -2.28. The van der Waals surface area contributed by atoms with Crippen molar-refractivity contribution in [2.45, 2.75) is 123 Å². The van der Waals surface area contributed by atoms with Crippen LogP contribution in [0.5, 0.6) is 0 Å². The van der Waals surface area contributed by atoms with E-state index in [1.807, 2.05) is 24.1 Å². The fourth-order valence-electron chi connectivity index (χ4n) is 3.56. The summed E-state index contributed by atoms with van der Waals surface area (Å²) in [6.45, 7) is 5.15. The molecule has 162 valence electrons. The summed E-state index contributed by atoms with van der Waals surface area (Å²) >= 11 is 0. The van der Waals surface area contributed by atoms with Crippen LogP contribution >= 0.6 is 0 Å². The molecule has 0 aliphatic rings. The van der Waals surface area contributed by atoms with Crippen molar-refractivity contribution in [2.24, 2.45) is 0 Å². The van der Waals surface area contributed by atoms with Gasteiger partial charge in [0.2, 0.25) is 5.91 Å². The third-order valence-electron chi connectivity index (χ3n) is 5.28. The quantitative estimate of drug-likeness (QED) is 0.221. The zero-order chi connectivity index (χ0) is 20.3. The van der Waals surface area contributed by atoms with Crippen LogP contribution in [0, 0.1) is 0 Å². The molecule has 0 saturated heterocycles. The molecular formula is C23H48N2O2. The first-order valence-corrected chi connectivity index (χ1v) is 11.7. The molecule has 4 nitrogen and oxygen atoms in total. The van der Waals surface area contributed by atoms with Crippen LogP contribution in [-0.2, 0) is 4.79 Å². The number of carbonyl (C=O) groups excluding carboxylic acids is 1. The van der Waals surface area contributed by atoms with E-state index in [1.165, 1.54) is 64.2 Å². The van der Waals surface area contributed by atoms with E-state index in [1.54, 1.807) is 0 Å². The number of aliphatic hydroxyl groups is 1. The van der Waals surface area contributed by atoms with Crippen LogP contribution in [0.15, 0.2) is 0 Å². The molecule has 0 aromatic carbocycles. The number of aliphatic hydroxyl groups excluding tert-OH is 1. The number of unbranched alkanes of at least 4 members (excludes halogenated alkanes) is 10. The van der Waals surface area contributed by atoms with Crippen molar-refractivity contribution in [3.05, 3.63) is 0 Å². The molecular weight excluding hydrogens is 336 g/mol. The number of hydrogen-bond donors (Lipinski definition) is 1. The van der Waals surface area contributed by atoms with Gasteiger partial charge >= 0.3 is 0 Å². The van der Waals surface area contributed by atoms with E-state index in [0.717, 1.165) is 38.6 Å². The Labute approximate surface area is 169 Å². The minimum Gasteiger partial charge on any atom is -0.393 e. The Bertz CT molecular complexity index is 334. The average Bonchev–Trinajstić information content (AvgIpc) is 2.64. The number of rotatable bonds is 19. The van der Waals surface area contributed by atoms with Gasteiger partial charge in [0.25, 0.3) is 0 Å². The fraction of sp³-hybridized carbons (Fsp3) is 0.957. The summed E-state index contributed by atoms with van der Waals surface area (Å²) in [6, 6.07) is 0. The van der Waals surface area contributed by atoms with Crippen LogP contribution < -0.4 is 0 Å². The highest BCUT2D eigenvalue weighted by molar-refractivity contribution is 5.75. The van der Waals surface area contributed by atoms with E-state index in [4.69, 9.17) is 0 Å². The van der Waals surface area contributed by atoms with Gasteiger partial charge in [-0.2, -0.15) is 0 Å². The molecule has 1 amide bonds. The third kappa shape index (κ3) is 16.1. The predicted octanol–water partition coefficient (Wildman–Crippen LogP) is 5.93. The zero-order valence-electron chi connectivity index (χ0n) is 18.8. The van der Waals surface area contributed by atoms with Gasteiger partial charge in [-0.05, 0) is 25.7 Å². The number of carbonyl (C=O) groups is 1. The zero-order valence-corrected chi connectivity index (χ0v) is 18.8. The molecule has 0 aromatic rings. The Balaban J connectivity index is 3.43. The summed E-state index contributed by atoms with van der Waals surface area (Å²) in [6.07, 6.45) is 18.3. The van der Waals surface area contributed by atoms with E-state index < -0.39 is 0 Å². The van der Waals surface area contributed by atoms with Crippen molar-refractivity contribution in [3.8, 4) is 0 Å². The molecule has 0 spiro atoms. The van der Waals surface area contributed by atoms with Crippen LogP contribution in [0.25, 0.3) is 0 Å². The fourth-order valence-corrected chi connectivity index (χ4v) is 3.56. The maximum Gasteiger partial charge on any atom is 0.236 e. The van der Waals surface area contributed by atoms with Gasteiger partial charge in [0.1, 0.15) is 0 Å². The van der Waals surface area contributed by atoms with Gasteiger partial charge < -0.3 is 5.11 Å². The molecule has 0 fully saturated rings. The van der Waals surface area contributed by atoms with Crippen LogP contribution in [0.3, 0.4) is 0 Å². The Hall–Kier alpha value is -0.610. The molecule has 0 saturated carbocycles. The molecule has 0 rings (SSSR count). The summed E-state index contributed by atoms with van der Waals surface area (Å²) in [4.78, 5) is 12.2. The van der Waals surface area contributed by atoms with E-state index in [2.05, 4.69) is 13.8 Å². The lowest BCUT2D eigenvalue weighted by Crippen LogP contribution is -2.42. The number of nitrogens with zero attached hydrogens (tertiary/aromatic N) is 2. The molecule has 1 N–H and O–H groups in total. The molecule has 0 aliphatic heterocycles. The minimum atomic E-state index is -0.0752. The molecule has 4 heteroatoms. The monoisotopic (exact) mass is 384 g/mol. The van der Waals surface area contributed by atoms with Crippen molar-refractivity contribution in [1.82, 2.24) is 10.0 Å². The van der Waals surface area contributed by atoms with Crippen LogP contribution in [0.1, 0.15) is 117 Å². The first-order valence-electron chi connectivity index (χ1n) is 11.7. The van der Waals surface area contributed by atoms with Crippen molar-refractivity contribution >= 4 is 5.91 Å². The van der Waals surface area contributed by atoms with E-state index in [9.17, 15) is 9.90 Å². The summed E-state index contributed by atoms with van der Waals surface area (Å²) in [5.74, 6) is 0.259. The normalized spacial score (nSPS) is 12.5. The smallest absolute Gasteiger partial charge is 0.236 e. The van der Waals surface area contributed by atoms with Crippen LogP contribution in [-0.4, -0.2) is 47.8 Å². The number of hydrazine groups is 1. The molecule has 1 atom stereocenters. The van der Waals surface area contributed by atoms with Gasteiger partial charge in [0.05, 0.1) is 6.10 Å². The van der Waals surface area contributed by atoms with E-state index >= 15 is 0 Å². The van der Waals surface area contributed by atoms with Gasteiger partial charge in [-0.1, -0.05) is 84.5 Å². The Morgan fingerprint density at radius 1 is 0.741 bits per heavy atom. The standard InChI is InChI=1S/C23H48N2O2/c1-5-7-8-15-18-22(26)19-16-13-11-9-10-12-14-17-20-23(27)25(21-6-2)24(3)4/h22,26H,5-21H2,1-4H3. The average molecular weight is 385 g/mol. The summed E-state index contributed by atoms with van der Waals surface area (Å²) in [5, 5.41) is 13.7. The maximum atomic E-state index is 12.2. The van der Waals surface area contributed by atoms with Crippen molar-refractivity contribution in [1.29, 1.82) is 0 Å². The molecule has 0 bridgehead atoms. The van der Waals surface area contributed by atoms with Crippen LogP contribution in [0.2, 0.25) is 0 Å². The van der Waals surface area contributed by atoms with Crippen molar-refractivity contribution in [3.63, 3.8) is 0 Å². The molecule has 1 unspecified atom stereocenters. The van der Waals surface area contributed by atoms with Crippen molar-refractivity contribution < 1.29 is 9.90 Å². The highest BCUT2D eigenvalue weighted by Crippen LogP contribution is 2.14. The van der Waals surface area contributed by atoms with Gasteiger partial charge in [-0.25, -0.2) is 5.01 Å². The second-order valence-corrected chi connectivity index (χ2v) is 8.23. The van der Waals surface area contributed by atoms with Gasteiger partial charge in [-0.3, -0.25) is 9.80 Å². The Kier molecular flexibility index (Phi) is 18.3. The molecule has 27 heavy (non-hydrogen) atoms. The predicted molar refractivity (Wildman–Crippen MR) is 117 cm³/mol. The van der Waals surface area contributed by atoms with E-state index in [0.29, 0.717) is 6.42 Å². The third-order valence-corrected chi connectivity index (χ3v) is 5.28. The first-order chi connectivity index (χ1) is 13.0. The Morgan fingerprint density at radius 2 is 1.22 bits per heavy atom. The second kappa shape index (κ2) is 18.7. The van der Waals surface area contributed by atoms with Gasteiger partial charge in [-0.15, -0.1) is 0 Å². The maximum absolute atomic E-state index is 12.2. The summed E-state index contributed by atoms with van der Waals surface area (Å²) in [5.41, 5.74) is 0. The lowest BCUT2D eigenvalue weighted by molar-refractivity contribution is -0.144. The van der Waals surface area contributed by atoms with Crippen molar-refractivity contribution in [2.75, 3.05) is 20.6 Å².